The standard InChI is InChI=1S/C27H24ClN3O5/c1-3-35-25-14-18(9-11-24(25)36-17-26(32)30-21-7-5-4-6-8-21)13-19(16-29)27(33)31-22-15-20(28)10-12-23(22)34-2/h4-15H,3,17H2,1-2H3,(H,30,32)(H,31,33)/b19-13+. The van der Waals surface area contributed by atoms with Crippen LogP contribution in [0.15, 0.2) is 72.3 Å². The van der Waals surface area contributed by atoms with Gasteiger partial charge in [0, 0.05) is 10.7 Å². The molecular weight excluding hydrogens is 482 g/mol. The van der Waals surface area contributed by atoms with Crippen LogP contribution in [0.5, 0.6) is 17.2 Å². The predicted octanol–water partition coefficient (Wildman–Crippen LogP) is 5.31. The molecule has 9 heteroatoms. The number of anilines is 2. The van der Waals surface area contributed by atoms with Crippen molar-refractivity contribution < 1.29 is 23.8 Å². The summed E-state index contributed by atoms with van der Waals surface area (Å²) < 4.78 is 16.5. The van der Waals surface area contributed by atoms with Gasteiger partial charge in [0.1, 0.15) is 17.4 Å². The van der Waals surface area contributed by atoms with Crippen molar-refractivity contribution in [3.8, 4) is 23.3 Å². The van der Waals surface area contributed by atoms with Crippen molar-refractivity contribution in [3.05, 3.63) is 82.9 Å². The molecule has 8 nitrogen and oxygen atoms in total. The number of ether oxygens (including phenoxy) is 3. The summed E-state index contributed by atoms with van der Waals surface area (Å²) in [6.45, 7) is 1.93. The van der Waals surface area contributed by atoms with E-state index in [9.17, 15) is 14.9 Å². The summed E-state index contributed by atoms with van der Waals surface area (Å²) in [6.07, 6.45) is 1.42. The van der Waals surface area contributed by atoms with Gasteiger partial charge in [-0.25, -0.2) is 0 Å². The first-order valence-corrected chi connectivity index (χ1v) is 11.3. The van der Waals surface area contributed by atoms with E-state index in [1.165, 1.54) is 19.3 Å². The smallest absolute Gasteiger partial charge is 0.266 e. The number of nitriles is 1. The summed E-state index contributed by atoms with van der Waals surface area (Å²) in [5.41, 5.74) is 1.39. The molecule has 0 aliphatic heterocycles. The van der Waals surface area contributed by atoms with E-state index in [1.807, 2.05) is 24.3 Å². The largest absolute Gasteiger partial charge is 0.495 e. The van der Waals surface area contributed by atoms with Crippen molar-refractivity contribution in [2.24, 2.45) is 0 Å². The number of benzene rings is 3. The highest BCUT2D eigenvalue weighted by molar-refractivity contribution is 6.31. The van der Waals surface area contributed by atoms with Gasteiger partial charge in [0.05, 0.1) is 19.4 Å². The Kier molecular flexibility index (Phi) is 9.32. The molecule has 0 radical (unpaired) electrons. The van der Waals surface area contributed by atoms with Crippen LogP contribution < -0.4 is 24.8 Å². The normalized spacial score (nSPS) is 10.7. The fourth-order valence-electron chi connectivity index (χ4n) is 3.15. The van der Waals surface area contributed by atoms with Crippen molar-refractivity contribution >= 4 is 40.9 Å². The summed E-state index contributed by atoms with van der Waals surface area (Å²) in [7, 11) is 1.46. The zero-order valence-electron chi connectivity index (χ0n) is 19.7. The molecular formula is C27H24ClN3O5. The second kappa shape index (κ2) is 12.8. The second-order valence-corrected chi connectivity index (χ2v) is 7.75. The molecule has 3 aromatic carbocycles. The van der Waals surface area contributed by atoms with Gasteiger partial charge < -0.3 is 24.8 Å². The van der Waals surface area contributed by atoms with Crippen LogP contribution in [-0.2, 0) is 9.59 Å². The Hall–Kier alpha value is -4.48. The molecule has 3 rings (SSSR count). The average molecular weight is 506 g/mol. The van der Waals surface area contributed by atoms with Crippen LogP contribution in [0.2, 0.25) is 5.02 Å². The lowest BCUT2D eigenvalue weighted by atomic mass is 10.1. The minimum Gasteiger partial charge on any atom is -0.495 e. The molecule has 0 atom stereocenters. The highest BCUT2D eigenvalue weighted by Crippen LogP contribution is 2.30. The molecule has 3 aromatic rings. The number of methoxy groups -OCH3 is 1. The Morgan fingerprint density at radius 2 is 1.72 bits per heavy atom. The van der Waals surface area contributed by atoms with Gasteiger partial charge in [-0.1, -0.05) is 35.9 Å². The van der Waals surface area contributed by atoms with Crippen molar-refractivity contribution in [3.63, 3.8) is 0 Å². The van der Waals surface area contributed by atoms with Gasteiger partial charge in [-0.2, -0.15) is 5.26 Å². The van der Waals surface area contributed by atoms with Gasteiger partial charge in [0.15, 0.2) is 18.1 Å². The van der Waals surface area contributed by atoms with Gasteiger partial charge in [0.2, 0.25) is 0 Å². The van der Waals surface area contributed by atoms with E-state index in [0.717, 1.165) is 0 Å². The maximum atomic E-state index is 12.7. The Bertz CT molecular complexity index is 1300. The van der Waals surface area contributed by atoms with E-state index in [4.69, 9.17) is 25.8 Å². The summed E-state index contributed by atoms with van der Waals surface area (Å²) in [4.78, 5) is 24.9. The third kappa shape index (κ3) is 7.26. The first-order chi connectivity index (χ1) is 17.4. The number of rotatable bonds is 10. The SMILES string of the molecule is CCOc1cc(/C=C(\C#N)C(=O)Nc2cc(Cl)ccc2OC)ccc1OCC(=O)Nc1ccccc1. The van der Waals surface area contributed by atoms with Crippen molar-refractivity contribution in [1.29, 1.82) is 5.26 Å². The lowest BCUT2D eigenvalue weighted by Gasteiger charge is -2.13. The van der Waals surface area contributed by atoms with E-state index in [-0.39, 0.29) is 18.1 Å². The van der Waals surface area contributed by atoms with Crippen LogP contribution in [-0.4, -0.2) is 32.1 Å². The third-order valence-electron chi connectivity index (χ3n) is 4.77. The Balaban J connectivity index is 1.74. The maximum absolute atomic E-state index is 12.7. The van der Waals surface area contributed by atoms with Crippen LogP contribution in [0.3, 0.4) is 0 Å². The summed E-state index contributed by atoms with van der Waals surface area (Å²) in [5, 5.41) is 15.4. The van der Waals surface area contributed by atoms with E-state index >= 15 is 0 Å². The molecule has 36 heavy (non-hydrogen) atoms. The van der Waals surface area contributed by atoms with Gasteiger partial charge in [-0.3, -0.25) is 9.59 Å². The fraction of sp³-hybridized carbons (Fsp3) is 0.148. The molecule has 0 saturated heterocycles. The topological polar surface area (TPSA) is 110 Å². The lowest BCUT2D eigenvalue weighted by Crippen LogP contribution is -2.20. The molecule has 2 N–H and O–H groups in total. The van der Waals surface area contributed by atoms with Gasteiger partial charge in [-0.15, -0.1) is 0 Å². The molecule has 0 aliphatic carbocycles. The monoisotopic (exact) mass is 505 g/mol. The second-order valence-electron chi connectivity index (χ2n) is 7.31. The van der Waals surface area contributed by atoms with Crippen LogP contribution in [0.4, 0.5) is 11.4 Å². The number of carbonyl (C=O) groups is 2. The quantitative estimate of drug-likeness (QED) is 0.285. The van der Waals surface area contributed by atoms with Crippen LogP contribution in [0.1, 0.15) is 12.5 Å². The van der Waals surface area contributed by atoms with Crippen molar-refractivity contribution in [1.82, 2.24) is 0 Å². The first-order valence-electron chi connectivity index (χ1n) is 10.9. The van der Waals surface area contributed by atoms with Crippen LogP contribution in [0, 0.1) is 11.3 Å². The van der Waals surface area contributed by atoms with E-state index < -0.39 is 5.91 Å². The lowest BCUT2D eigenvalue weighted by molar-refractivity contribution is -0.118. The van der Waals surface area contributed by atoms with Crippen molar-refractivity contribution in [2.75, 3.05) is 31.0 Å². The Labute approximate surface area is 214 Å². The molecule has 0 fully saturated rings. The average Bonchev–Trinajstić information content (AvgIpc) is 2.87. The minimum absolute atomic E-state index is 0.143. The summed E-state index contributed by atoms with van der Waals surface area (Å²) >= 11 is 6.01. The van der Waals surface area contributed by atoms with Gasteiger partial charge >= 0.3 is 0 Å². The predicted molar refractivity (Wildman–Crippen MR) is 138 cm³/mol. The van der Waals surface area contributed by atoms with Gasteiger partial charge in [0.25, 0.3) is 11.8 Å². The summed E-state index contributed by atoms with van der Waals surface area (Å²) in [6, 6.07) is 20.6. The molecule has 2 amide bonds. The summed E-state index contributed by atoms with van der Waals surface area (Å²) in [5.74, 6) is 0.166. The molecule has 0 aromatic heterocycles. The molecule has 0 bridgehead atoms. The first kappa shape index (κ1) is 26.1. The maximum Gasteiger partial charge on any atom is 0.266 e. The zero-order chi connectivity index (χ0) is 25.9. The third-order valence-corrected chi connectivity index (χ3v) is 5.00. The molecule has 0 spiro atoms. The highest BCUT2D eigenvalue weighted by Gasteiger charge is 2.14. The van der Waals surface area contributed by atoms with E-state index in [1.54, 1.807) is 49.4 Å². The molecule has 0 aliphatic rings. The fourth-order valence-corrected chi connectivity index (χ4v) is 3.32. The number of halogens is 1. The van der Waals surface area contributed by atoms with Crippen molar-refractivity contribution in [2.45, 2.75) is 6.92 Å². The number of hydrogen-bond donors (Lipinski definition) is 2. The van der Waals surface area contributed by atoms with Crippen LogP contribution in [0.25, 0.3) is 6.08 Å². The number of para-hydroxylation sites is 1. The number of nitrogens with one attached hydrogen (secondary N) is 2. The molecule has 0 unspecified atom stereocenters. The number of hydrogen-bond acceptors (Lipinski definition) is 6. The number of amides is 2. The molecule has 0 saturated carbocycles. The minimum atomic E-state index is -0.631. The van der Waals surface area contributed by atoms with Crippen LogP contribution >= 0.6 is 11.6 Å². The van der Waals surface area contributed by atoms with Gasteiger partial charge in [-0.05, 0) is 61.0 Å². The van der Waals surface area contributed by atoms with E-state index in [2.05, 4.69) is 10.6 Å². The Morgan fingerprint density at radius 3 is 2.42 bits per heavy atom. The van der Waals surface area contributed by atoms with E-state index in [0.29, 0.717) is 45.8 Å². The Morgan fingerprint density at radius 1 is 0.972 bits per heavy atom. The number of carbonyl (C=O) groups excluding carboxylic acids is 2. The number of nitrogens with zero attached hydrogens (tertiary/aromatic N) is 1. The molecule has 0 heterocycles. The zero-order valence-corrected chi connectivity index (χ0v) is 20.5. The molecule has 184 valence electrons. The highest BCUT2D eigenvalue weighted by atomic mass is 35.5.